The Morgan fingerprint density at radius 2 is 2.17 bits per heavy atom. The second-order valence-corrected chi connectivity index (χ2v) is 4.56. The highest BCUT2D eigenvalue weighted by Crippen LogP contribution is 2.16. The van der Waals surface area contributed by atoms with Crippen LogP contribution >= 0.6 is 0 Å². The zero-order valence-corrected chi connectivity index (χ0v) is 11.1. The van der Waals surface area contributed by atoms with Crippen LogP contribution in [-0.2, 0) is 4.79 Å². The molecule has 0 bridgehead atoms. The van der Waals surface area contributed by atoms with E-state index in [0.717, 1.165) is 11.3 Å². The summed E-state index contributed by atoms with van der Waals surface area (Å²) in [7, 11) is 0. The van der Waals surface area contributed by atoms with Crippen LogP contribution in [0.15, 0.2) is 18.2 Å². The standard InChI is InChI=1S/C14H19N3O/c1-10(2)17-14(18)6-7-16-13-8-11(3)4-5-12(13)9-15/h4-5,8,10,16H,6-7H2,1-3H3,(H,17,18). The first-order valence-electron chi connectivity index (χ1n) is 6.07. The summed E-state index contributed by atoms with van der Waals surface area (Å²) in [5.41, 5.74) is 2.47. The van der Waals surface area contributed by atoms with Gasteiger partial charge in [-0.15, -0.1) is 0 Å². The quantitative estimate of drug-likeness (QED) is 0.835. The maximum absolute atomic E-state index is 11.4. The molecule has 4 nitrogen and oxygen atoms in total. The van der Waals surface area contributed by atoms with Gasteiger partial charge < -0.3 is 10.6 Å². The minimum Gasteiger partial charge on any atom is -0.383 e. The van der Waals surface area contributed by atoms with Gasteiger partial charge in [-0.3, -0.25) is 4.79 Å². The third-order valence-electron chi connectivity index (χ3n) is 2.41. The number of carbonyl (C=O) groups is 1. The fourth-order valence-electron chi connectivity index (χ4n) is 1.61. The number of benzene rings is 1. The SMILES string of the molecule is Cc1ccc(C#N)c(NCCC(=O)NC(C)C)c1. The van der Waals surface area contributed by atoms with Gasteiger partial charge in [0.05, 0.1) is 11.3 Å². The Bertz CT molecular complexity index is 461. The molecule has 0 unspecified atom stereocenters. The summed E-state index contributed by atoms with van der Waals surface area (Å²) >= 11 is 0. The molecule has 0 saturated carbocycles. The zero-order valence-electron chi connectivity index (χ0n) is 11.1. The average molecular weight is 245 g/mol. The van der Waals surface area contributed by atoms with E-state index in [2.05, 4.69) is 16.7 Å². The van der Waals surface area contributed by atoms with Crippen LogP contribution < -0.4 is 10.6 Å². The van der Waals surface area contributed by atoms with E-state index in [1.165, 1.54) is 0 Å². The molecule has 0 saturated heterocycles. The molecule has 1 amide bonds. The minimum absolute atomic E-state index is 0.0173. The van der Waals surface area contributed by atoms with Gasteiger partial charge in [0.1, 0.15) is 6.07 Å². The number of hydrogen-bond donors (Lipinski definition) is 2. The van der Waals surface area contributed by atoms with Crippen molar-refractivity contribution in [3.63, 3.8) is 0 Å². The molecule has 0 heterocycles. The Balaban J connectivity index is 2.51. The number of aryl methyl sites for hydroxylation is 1. The van der Waals surface area contributed by atoms with E-state index in [1.807, 2.05) is 32.9 Å². The van der Waals surface area contributed by atoms with Crippen molar-refractivity contribution < 1.29 is 4.79 Å². The normalized spacial score (nSPS) is 9.94. The average Bonchev–Trinajstić information content (AvgIpc) is 2.28. The number of amides is 1. The Hall–Kier alpha value is -2.02. The number of nitrogens with zero attached hydrogens (tertiary/aromatic N) is 1. The van der Waals surface area contributed by atoms with Crippen LogP contribution in [0, 0.1) is 18.3 Å². The monoisotopic (exact) mass is 245 g/mol. The fourth-order valence-corrected chi connectivity index (χ4v) is 1.61. The molecule has 0 aliphatic heterocycles. The molecule has 18 heavy (non-hydrogen) atoms. The lowest BCUT2D eigenvalue weighted by Crippen LogP contribution is -2.31. The first kappa shape index (κ1) is 14.0. The van der Waals surface area contributed by atoms with Crippen LogP contribution in [0.2, 0.25) is 0 Å². The van der Waals surface area contributed by atoms with Crippen molar-refractivity contribution in [2.24, 2.45) is 0 Å². The molecule has 0 radical (unpaired) electrons. The summed E-state index contributed by atoms with van der Waals surface area (Å²) < 4.78 is 0. The van der Waals surface area contributed by atoms with E-state index in [0.29, 0.717) is 18.5 Å². The van der Waals surface area contributed by atoms with Gasteiger partial charge in [0.25, 0.3) is 0 Å². The Morgan fingerprint density at radius 3 is 2.78 bits per heavy atom. The smallest absolute Gasteiger partial charge is 0.221 e. The van der Waals surface area contributed by atoms with E-state index in [4.69, 9.17) is 5.26 Å². The predicted molar refractivity (Wildman–Crippen MR) is 72.3 cm³/mol. The second-order valence-electron chi connectivity index (χ2n) is 4.56. The molecule has 0 aliphatic rings. The van der Waals surface area contributed by atoms with Gasteiger partial charge in [0.2, 0.25) is 5.91 Å². The molecule has 1 rings (SSSR count). The lowest BCUT2D eigenvalue weighted by molar-refractivity contribution is -0.121. The van der Waals surface area contributed by atoms with Crippen LogP contribution in [0.4, 0.5) is 5.69 Å². The van der Waals surface area contributed by atoms with Gasteiger partial charge in [-0.2, -0.15) is 5.26 Å². The summed E-state index contributed by atoms with van der Waals surface area (Å²) in [6.07, 6.45) is 0.400. The Morgan fingerprint density at radius 1 is 1.44 bits per heavy atom. The lowest BCUT2D eigenvalue weighted by atomic mass is 10.1. The summed E-state index contributed by atoms with van der Waals surface area (Å²) in [5.74, 6) is 0.0173. The number of hydrogen-bond acceptors (Lipinski definition) is 3. The number of nitriles is 1. The van der Waals surface area contributed by atoms with Crippen molar-refractivity contribution in [2.45, 2.75) is 33.2 Å². The molecule has 0 atom stereocenters. The van der Waals surface area contributed by atoms with Gasteiger partial charge in [-0.25, -0.2) is 0 Å². The van der Waals surface area contributed by atoms with Crippen molar-refractivity contribution >= 4 is 11.6 Å². The van der Waals surface area contributed by atoms with Gasteiger partial charge in [0.15, 0.2) is 0 Å². The van der Waals surface area contributed by atoms with Gasteiger partial charge in [0, 0.05) is 19.0 Å². The first-order valence-corrected chi connectivity index (χ1v) is 6.07. The molecule has 0 aromatic heterocycles. The summed E-state index contributed by atoms with van der Waals surface area (Å²) in [6.45, 7) is 6.35. The molecule has 0 spiro atoms. The Labute approximate surface area is 108 Å². The summed E-state index contributed by atoms with van der Waals surface area (Å²) in [4.78, 5) is 11.4. The van der Waals surface area contributed by atoms with E-state index in [1.54, 1.807) is 6.07 Å². The van der Waals surface area contributed by atoms with Crippen molar-refractivity contribution in [1.29, 1.82) is 5.26 Å². The molecule has 1 aromatic rings. The highest BCUT2D eigenvalue weighted by Gasteiger charge is 2.05. The molecule has 4 heteroatoms. The van der Waals surface area contributed by atoms with Crippen molar-refractivity contribution in [1.82, 2.24) is 5.32 Å². The van der Waals surface area contributed by atoms with Gasteiger partial charge >= 0.3 is 0 Å². The third-order valence-corrected chi connectivity index (χ3v) is 2.41. The largest absolute Gasteiger partial charge is 0.383 e. The van der Waals surface area contributed by atoms with Gasteiger partial charge in [-0.1, -0.05) is 6.07 Å². The van der Waals surface area contributed by atoms with E-state index < -0.39 is 0 Å². The van der Waals surface area contributed by atoms with Gasteiger partial charge in [-0.05, 0) is 38.5 Å². The highest BCUT2D eigenvalue weighted by atomic mass is 16.1. The van der Waals surface area contributed by atoms with Crippen LogP contribution in [0.3, 0.4) is 0 Å². The van der Waals surface area contributed by atoms with Crippen LogP contribution in [0.5, 0.6) is 0 Å². The van der Waals surface area contributed by atoms with E-state index in [9.17, 15) is 4.79 Å². The molecular formula is C14H19N3O. The van der Waals surface area contributed by atoms with Crippen LogP contribution in [0.25, 0.3) is 0 Å². The zero-order chi connectivity index (χ0) is 13.5. The Kier molecular flexibility index (Phi) is 5.19. The van der Waals surface area contributed by atoms with Crippen molar-refractivity contribution in [3.05, 3.63) is 29.3 Å². The number of carbonyl (C=O) groups excluding carboxylic acids is 1. The van der Waals surface area contributed by atoms with E-state index in [-0.39, 0.29) is 11.9 Å². The molecule has 2 N–H and O–H groups in total. The van der Waals surface area contributed by atoms with Crippen molar-refractivity contribution in [2.75, 3.05) is 11.9 Å². The molecule has 1 aromatic carbocycles. The fraction of sp³-hybridized carbons (Fsp3) is 0.429. The lowest BCUT2D eigenvalue weighted by Gasteiger charge is -2.11. The highest BCUT2D eigenvalue weighted by molar-refractivity contribution is 5.76. The molecular weight excluding hydrogens is 226 g/mol. The minimum atomic E-state index is 0.0173. The predicted octanol–water partition coefficient (Wildman–Crippen LogP) is 2.19. The molecule has 96 valence electrons. The maximum Gasteiger partial charge on any atom is 0.221 e. The van der Waals surface area contributed by atoms with Crippen molar-refractivity contribution in [3.8, 4) is 6.07 Å². The molecule has 0 aliphatic carbocycles. The first-order chi connectivity index (χ1) is 8.52. The topological polar surface area (TPSA) is 64.9 Å². The summed E-state index contributed by atoms with van der Waals surface area (Å²) in [6, 6.07) is 7.89. The summed E-state index contributed by atoms with van der Waals surface area (Å²) in [5, 5.41) is 14.9. The number of anilines is 1. The number of nitrogens with one attached hydrogen (secondary N) is 2. The second kappa shape index (κ2) is 6.65. The maximum atomic E-state index is 11.4. The number of rotatable bonds is 5. The van der Waals surface area contributed by atoms with E-state index >= 15 is 0 Å². The van der Waals surface area contributed by atoms with Crippen LogP contribution in [-0.4, -0.2) is 18.5 Å². The molecule has 0 fully saturated rings. The third kappa shape index (κ3) is 4.46. The van der Waals surface area contributed by atoms with Crippen LogP contribution in [0.1, 0.15) is 31.4 Å².